The largest absolute Gasteiger partial charge is 0.467 e. The fourth-order valence-electron chi connectivity index (χ4n) is 10.5. The van der Waals surface area contributed by atoms with E-state index in [1.54, 1.807) is 20.8 Å². The minimum absolute atomic E-state index is 0.0266. The predicted octanol–water partition coefficient (Wildman–Crippen LogP) is 1.30. The van der Waals surface area contributed by atoms with Crippen LogP contribution in [0.1, 0.15) is 33.6 Å². The maximum absolute atomic E-state index is 13.8. The number of amides is 3. The Labute approximate surface area is 232 Å². The van der Waals surface area contributed by atoms with E-state index < -0.39 is 58.5 Å². The lowest BCUT2D eigenvalue weighted by Crippen LogP contribution is -2.62. The van der Waals surface area contributed by atoms with Crippen molar-refractivity contribution in [2.24, 2.45) is 59.2 Å². The molecule has 6 bridgehead atoms. The number of imide groups is 1. The van der Waals surface area contributed by atoms with E-state index in [0.29, 0.717) is 6.42 Å². The summed E-state index contributed by atoms with van der Waals surface area (Å²) in [7, 11) is 2.67. The van der Waals surface area contributed by atoms with Gasteiger partial charge in [0, 0.05) is 36.8 Å². The number of hydrogen-bond donors (Lipinski definition) is 1. The molecule has 0 unspecified atom stereocenters. The highest BCUT2D eigenvalue weighted by Crippen LogP contribution is 2.80. The van der Waals surface area contributed by atoms with E-state index in [1.165, 1.54) is 19.1 Å². The van der Waals surface area contributed by atoms with Crippen LogP contribution in [0.4, 0.5) is 4.79 Å². The third kappa shape index (κ3) is 2.87. The average Bonchev–Trinajstić information content (AvgIpc) is 3.73. The molecule has 6 fully saturated rings. The molecule has 0 aromatic carbocycles. The van der Waals surface area contributed by atoms with Gasteiger partial charge in [-0.1, -0.05) is 12.2 Å². The fourth-order valence-corrected chi connectivity index (χ4v) is 10.5. The van der Waals surface area contributed by atoms with Crippen molar-refractivity contribution in [1.82, 2.24) is 10.2 Å². The van der Waals surface area contributed by atoms with Crippen molar-refractivity contribution < 1.29 is 42.9 Å². The molecule has 12 atom stereocenters. The van der Waals surface area contributed by atoms with Gasteiger partial charge in [0.25, 0.3) is 0 Å². The van der Waals surface area contributed by atoms with Gasteiger partial charge >= 0.3 is 18.0 Å². The summed E-state index contributed by atoms with van der Waals surface area (Å²) in [4.78, 5) is 68.4. The van der Waals surface area contributed by atoms with Gasteiger partial charge in [-0.25, -0.2) is 14.4 Å². The second-order valence-corrected chi connectivity index (χ2v) is 13.6. The molecule has 1 N–H and O–H groups in total. The summed E-state index contributed by atoms with van der Waals surface area (Å²) in [6.07, 6.45) is 5.05. The first-order valence-electron chi connectivity index (χ1n) is 14.3. The number of alkyl carbamates (subject to hydrolysis) is 1. The molecule has 11 nitrogen and oxygen atoms in total. The summed E-state index contributed by atoms with van der Waals surface area (Å²) >= 11 is 0. The third-order valence-corrected chi connectivity index (χ3v) is 11.1. The maximum atomic E-state index is 13.8. The Balaban J connectivity index is 1.22. The van der Waals surface area contributed by atoms with E-state index in [2.05, 4.69) is 17.5 Å². The molecule has 11 heteroatoms. The van der Waals surface area contributed by atoms with Gasteiger partial charge in [-0.05, 0) is 57.3 Å². The molecule has 3 saturated heterocycles. The minimum atomic E-state index is -1.36. The van der Waals surface area contributed by atoms with Crippen molar-refractivity contribution in [3.63, 3.8) is 0 Å². The normalized spacial score (nSPS) is 46.5. The summed E-state index contributed by atoms with van der Waals surface area (Å²) in [6.45, 7) is 5.35. The Morgan fingerprint density at radius 1 is 0.900 bits per heavy atom. The monoisotopic (exact) mass is 556 g/mol. The molecule has 3 aliphatic heterocycles. The molecule has 3 saturated carbocycles. The zero-order chi connectivity index (χ0) is 28.5. The van der Waals surface area contributed by atoms with Crippen LogP contribution in [0.2, 0.25) is 0 Å². The first-order valence-corrected chi connectivity index (χ1v) is 14.3. The number of fused-ring (bicyclic) bond motifs is 19. The van der Waals surface area contributed by atoms with Gasteiger partial charge in [0.1, 0.15) is 5.60 Å². The third-order valence-electron chi connectivity index (χ3n) is 11.1. The zero-order valence-corrected chi connectivity index (χ0v) is 23.4. The van der Waals surface area contributed by atoms with Crippen molar-refractivity contribution >= 4 is 29.8 Å². The van der Waals surface area contributed by atoms with Gasteiger partial charge in [0.2, 0.25) is 11.8 Å². The molecular formula is C29H36N2O9. The summed E-state index contributed by atoms with van der Waals surface area (Å²) in [5, 5.41) is 2.62. The highest BCUT2D eigenvalue weighted by Gasteiger charge is 2.90. The predicted molar refractivity (Wildman–Crippen MR) is 135 cm³/mol. The van der Waals surface area contributed by atoms with Crippen molar-refractivity contribution in [3.05, 3.63) is 12.2 Å². The summed E-state index contributed by atoms with van der Waals surface area (Å²) in [6, 6.07) is 0. The number of carbonyl (C=O) groups is 5. The molecule has 0 aromatic rings. The number of allylic oxidation sites excluding steroid dienone is 2. The number of nitrogens with zero attached hydrogens (tertiary/aromatic N) is 1. The van der Waals surface area contributed by atoms with Gasteiger partial charge in [-0.2, -0.15) is 0 Å². The van der Waals surface area contributed by atoms with Crippen LogP contribution in [0.5, 0.6) is 0 Å². The topological polar surface area (TPSA) is 138 Å². The van der Waals surface area contributed by atoms with Gasteiger partial charge in [0.15, 0.2) is 11.2 Å². The van der Waals surface area contributed by atoms with Gasteiger partial charge in [0.05, 0.1) is 26.1 Å². The van der Waals surface area contributed by atoms with Crippen LogP contribution < -0.4 is 5.32 Å². The zero-order valence-electron chi connectivity index (χ0n) is 23.4. The number of rotatable bonds is 5. The van der Waals surface area contributed by atoms with E-state index in [0.717, 1.165) is 6.42 Å². The molecule has 40 heavy (non-hydrogen) atoms. The van der Waals surface area contributed by atoms with Crippen LogP contribution in [0.3, 0.4) is 0 Å². The van der Waals surface area contributed by atoms with Crippen molar-refractivity contribution in [2.45, 2.75) is 50.4 Å². The van der Waals surface area contributed by atoms with Gasteiger partial charge in [-0.15, -0.1) is 0 Å². The number of likely N-dealkylation sites (tertiary alicyclic amines) is 1. The standard InChI is InChI=1S/C29H36N2O9/c1-27(2,3)39-26(36)30-8-9-31-22(32)16-14-11-15(17(16)23(31)33)21-20(14)28(24(34)37-4)18-12-6-7-13(10-12)19(18)29(21,40-28)25(35)38-5/h6-7,12-21H,8-11H2,1-5H3,(H,30,36)/t12-,13+,14-,15+,16-,17+,18+,19-,20-,21+,28+,29-. The van der Waals surface area contributed by atoms with Crippen molar-refractivity contribution in [3.8, 4) is 0 Å². The Morgan fingerprint density at radius 3 is 1.85 bits per heavy atom. The molecule has 0 spiro atoms. The lowest BCUT2D eigenvalue weighted by molar-refractivity contribution is -0.188. The van der Waals surface area contributed by atoms with Crippen LogP contribution in [-0.4, -0.2) is 78.9 Å². The van der Waals surface area contributed by atoms with E-state index >= 15 is 0 Å². The van der Waals surface area contributed by atoms with Crippen LogP contribution in [0.15, 0.2) is 12.2 Å². The number of hydrogen-bond acceptors (Lipinski definition) is 9. The van der Waals surface area contributed by atoms with Gasteiger partial charge in [-0.3, -0.25) is 14.5 Å². The highest BCUT2D eigenvalue weighted by atomic mass is 16.6. The van der Waals surface area contributed by atoms with Crippen LogP contribution in [0, 0.1) is 59.2 Å². The summed E-state index contributed by atoms with van der Waals surface area (Å²) in [5.74, 6) is -4.51. The summed E-state index contributed by atoms with van der Waals surface area (Å²) < 4.78 is 22.8. The molecule has 3 heterocycles. The number of carbonyl (C=O) groups excluding carboxylic acids is 5. The number of ether oxygens (including phenoxy) is 4. The minimum Gasteiger partial charge on any atom is -0.467 e. The Kier molecular flexibility index (Phi) is 5.25. The lowest BCUT2D eigenvalue weighted by atomic mass is 9.49. The quantitative estimate of drug-likeness (QED) is 0.230. The Hall–Kier alpha value is -2.95. The molecule has 216 valence electrons. The van der Waals surface area contributed by atoms with E-state index in [1.807, 2.05) is 0 Å². The molecule has 4 aliphatic carbocycles. The number of nitrogens with one attached hydrogen (secondary N) is 1. The molecule has 3 amide bonds. The maximum Gasteiger partial charge on any atom is 0.407 e. The van der Waals surface area contributed by atoms with Crippen molar-refractivity contribution in [2.75, 3.05) is 27.3 Å². The number of esters is 2. The first-order chi connectivity index (χ1) is 18.9. The lowest BCUT2D eigenvalue weighted by Gasteiger charge is -2.49. The number of methoxy groups -OCH3 is 2. The van der Waals surface area contributed by atoms with Crippen LogP contribution in [-0.2, 0) is 38.1 Å². The van der Waals surface area contributed by atoms with Crippen LogP contribution >= 0.6 is 0 Å². The molecule has 0 radical (unpaired) electrons. The van der Waals surface area contributed by atoms with Crippen LogP contribution in [0.25, 0.3) is 0 Å². The molecule has 0 aromatic heterocycles. The Bertz CT molecular complexity index is 1180. The summed E-state index contributed by atoms with van der Waals surface area (Å²) in [5.41, 5.74) is -3.39. The highest BCUT2D eigenvalue weighted by molar-refractivity contribution is 6.06. The smallest absolute Gasteiger partial charge is 0.407 e. The average molecular weight is 557 g/mol. The molecule has 7 aliphatic rings. The second-order valence-electron chi connectivity index (χ2n) is 13.6. The SMILES string of the molecule is COC(=O)[C@@]12O[C@@](C(=O)OC)([C@H]3[C@H]4C[C@H]([C@H]5C(=O)N(CCNC(=O)OC(C)(C)C)C(=O)[C@@H]45)[C@H]31)[C@H]1[C@@H]2[C@@H]2C=C[C@H]1C2. The van der Waals surface area contributed by atoms with E-state index in [9.17, 15) is 24.0 Å². The van der Waals surface area contributed by atoms with E-state index in [-0.39, 0.29) is 60.4 Å². The van der Waals surface area contributed by atoms with Crippen molar-refractivity contribution in [1.29, 1.82) is 0 Å². The van der Waals surface area contributed by atoms with E-state index in [4.69, 9.17) is 18.9 Å². The molecular weight excluding hydrogens is 520 g/mol. The first kappa shape index (κ1) is 26.0. The fraction of sp³-hybridized carbons (Fsp3) is 0.759. The Morgan fingerprint density at radius 2 is 1.40 bits per heavy atom. The van der Waals surface area contributed by atoms with Gasteiger partial charge < -0.3 is 24.3 Å². The second kappa shape index (κ2) is 8.08. The molecule has 7 rings (SSSR count).